The molecule has 0 aromatic carbocycles. The molecule has 1 atom stereocenters. The van der Waals surface area contributed by atoms with Gasteiger partial charge in [-0.2, -0.15) is 11.8 Å². The molecule has 1 amide bonds. The first-order valence-corrected chi connectivity index (χ1v) is 7.13. The highest BCUT2D eigenvalue weighted by atomic mass is 32.2. The molecule has 15 heavy (non-hydrogen) atoms. The van der Waals surface area contributed by atoms with E-state index in [2.05, 4.69) is 18.5 Å². The van der Waals surface area contributed by atoms with Crippen molar-refractivity contribution in [3.05, 3.63) is 0 Å². The molecule has 0 bridgehead atoms. The van der Waals surface area contributed by atoms with Crippen molar-refractivity contribution in [1.29, 1.82) is 0 Å². The molecule has 0 saturated carbocycles. The predicted octanol–water partition coefficient (Wildman–Crippen LogP) is 1.34. The summed E-state index contributed by atoms with van der Waals surface area (Å²) >= 11 is 1.85. The lowest BCUT2D eigenvalue weighted by Crippen LogP contribution is -2.51. The lowest BCUT2D eigenvalue weighted by atomic mass is 10.2. The normalized spacial score (nSPS) is 21.7. The minimum Gasteiger partial charge on any atom is -0.340 e. The van der Waals surface area contributed by atoms with Crippen molar-refractivity contribution >= 4 is 17.7 Å². The summed E-state index contributed by atoms with van der Waals surface area (Å²) < 4.78 is 0. The number of hydrogen-bond donors (Lipinski definition) is 1. The smallest absolute Gasteiger partial charge is 0.222 e. The van der Waals surface area contributed by atoms with Gasteiger partial charge in [-0.15, -0.1) is 0 Å². The Hall–Kier alpha value is -0.220. The first-order valence-electron chi connectivity index (χ1n) is 5.74. The molecule has 1 N–H and O–H groups in total. The number of rotatable bonds is 5. The summed E-state index contributed by atoms with van der Waals surface area (Å²) in [6, 6.07) is 0.453. The van der Waals surface area contributed by atoms with Crippen LogP contribution in [0, 0.1) is 0 Å². The Bertz CT molecular complexity index is 199. The van der Waals surface area contributed by atoms with E-state index in [9.17, 15) is 4.79 Å². The molecule has 1 aliphatic heterocycles. The molecule has 0 aromatic rings. The van der Waals surface area contributed by atoms with E-state index in [1.54, 1.807) is 0 Å². The van der Waals surface area contributed by atoms with Crippen molar-refractivity contribution < 1.29 is 4.79 Å². The number of hydrogen-bond acceptors (Lipinski definition) is 3. The Morgan fingerprint density at radius 3 is 3.00 bits per heavy atom. The molecule has 1 heterocycles. The SMILES string of the molecule is CSCCCCC(=O)N1CCNC(C)C1. The van der Waals surface area contributed by atoms with Crippen LogP contribution in [0.5, 0.6) is 0 Å². The summed E-state index contributed by atoms with van der Waals surface area (Å²) in [6.45, 7) is 4.83. The molecule has 0 aromatic heterocycles. The maximum Gasteiger partial charge on any atom is 0.222 e. The van der Waals surface area contributed by atoms with E-state index in [0.29, 0.717) is 11.9 Å². The minimum absolute atomic E-state index is 0.337. The Kier molecular flexibility index (Phi) is 6.10. The molecule has 1 rings (SSSR count). The predicted molar refractivity (Wildman–Crippen MR) is 66.3 cm³/mol. The van der Waals surface area contributed by atoms with Crippen molar-refractivity contribution in [2.45, 2.75) is 32.2 Å². The second-order valence-corrected chi connectivity index (χ2v) is 5.13. The standard InChI is InChI=1S/C11H22N2OS/c1-10-9-13(7-6-12-10)11(14)5-3-4-8-15-2/h10,12H,3-9H2,1-2H3. The van der Waals surface area contributed by atoms with Gasteiger partial charge in [0.05, 0.1) is 0 Å². The van der Waals surface area contributed by atoms with Crippen LogP contribution in [0.15, 0.2) is 0 Å². The zero-order valence-corrected chi connectivity index (χ0v) is 10.6. The number of nitrogens with one attached hydrogen (secondary N) is 1. The Morgan fingerprint density at radius 1 is 1.53 bits per heavy atom. The average molecular weight is 230 g/mol. The number of unbranched alkanes of at least 4 members (excludes halogenated alkanes) is 1. The van der Waals surface area contributed by atoms with E-state index in [1.165, 1.54) is 5.75 Å². The van der Waals surface area contributed by atoms with Crippen LogP contribution >= 0.6 is 11.8 Å². The molecule has 88 valence electrons. The molecular weight excluding hydrogens is 208 g/mol. The molecule has 0 radical (unpaired) electrons. The van der Waals surface area contributed by atoms with Crippen molar-refractivity contribution in [2.75, 3.05) is 31.6 Å². The van der Waals surface area contributed by atoms with Crippen LogP contribution in [0.25, 0.3) is 0 Å². The summed E-state index contributed by atoms with van der Waals surface area (Å²) in [4.78, 5) is 13.8. The summed E-state index contributed by atoms with van der Waals surface area (Å²) in [6.07, 6.45) is 5.04. The lowest BCUT2D eigenvalue weighted by molar-refractivity contribution is -0.132. The highest BCUT2D eigenvalue weighted by molar-refractivity contribution is 7.98. The van der Waals surface area contributed by atoms with Gasteiger partial charge in [-0.05, 0) is 31.8 Å². The topological polar surface area (TPSA) is 32.3 Å². The summed E-state index contributed by atoms with van der Waals surface area (Å²) in [5.74, 6) is 1.51. The Labute approximate surface area is 97.0 Å². The average Bonchev–Trinajstić information content (AvgIpc) is 2.24. The van der Waals surface area contributed by atoms with Gasteiger partial charge in [-0.1, -0.05) is 0 Å². The van der Waals surface area contributed by atoms with Crippen LogP contribution in [0.2, 0.25) is 0 Å². The van der Waals surface area contributed by atoms with Crippen molar-refractivity contribution in [2.24, 2.45) is 0 Å². The van der Waals surface area contributed by atoms with Crippen LogP contribution in [0.1, 0.15) is 26.2 Å². The van der Waals surface area contributed by atoms with Gasteiger partial charge < -0.3 is 10.2 Å². The van der Waals surface area contributed by atoms with Crippen molar-refractivity contribution in [1.82, 2.24) is 10.2 Å². The molecule has 1 fully saturated rings. The summed E-state index contributed by atoms with van der Waals surface area (Å²) in [5.41, 5.74) is 0. The van der Waals surface area contributed by atoms with Gasteiger partial charge in [0.2, 0.25) is 5.91 Å². The van der Waals surface area contributed by atoms with Gasteiger partial charge in [0.25, 0.3) is 0 Å². The molecule has 3 nitrogen and oxygen atoms in total. The van der Waals surface area contributed by atoms with Gasteiger partial charge in [-0.25, -0.2) is 0 Å². The fourth-order valence-electron chi connectivity index (χ4n) is 1.84. The second-order valence-electron chi connectivity index (χ2n) is 4.14. The Balaban J connectivity index is 2.15. The van der Waals surface area contributed by atoms with Crippen molar-refractivity contribution in [3.8, 4) is 0 Å². The van der Waals surface area contributed by atoms with E-state index in [-0.39, 0.29) is 0 Å². The quantitative estimate of drug-likeness (QED) is 0.723. The number of piperazine rings is 1. The van der Waals surface area contributed by atoms with E-state index in [0.717, 1.165) is 38.9 Å². The zero-order chi connectivity index (χ0) is 11.1. The summed E-state index contributed by atoms with van der Waals surface area (Å²) in [7, 11) is 0. The molecule has 4 heteroatoms. The maximum atomic E-state index is 11.8. The monoisotopic (exact) mass is 230 g/mol. The highest BCUT2D eigenvalue weighted by Crippen LogP contribution is 2.07. The lowest BCUT2D eigenvalue weighted by Gasteiger charge is -2.32. The second kappa shape index (κ2) is 7.12. The van der Waals surface area contributed by atoms with Crippen LogP contribution < -0.4 is 5.32 Å². The highest BCUT2D eigenvalue weighted by Gasteiger charge is 2.19. The number of thioether (sulfide) groups is 1. The third kappa shape index (κ3) is 4.89. The third-order valence-electron chi connectivity index (χ3n) is 2.71. The number of amides is 1. The van der Waals surface area contributed by atoms with Crippen LogP contribution in [0.3, 0.4) is 0 Å². The number of nitrogens with zero attached hydrogens (tertiary/aromatic N) is 1. The van der Waals surface area contributed by atoms with Gasteiger partial charge in [0.1, 0.15) is 0 Å². The van der Waals surface area contributed by atoms with Gasteiger partial charge in [-0.3, -0.25) is 4.79 Å². The molecule has 1 aliphatic rings. The van der Waals surface area contributed by atoms with Crippen molar-refractivity contribution in [3.63, 3.8) is 0 Å². The minimum atomic E-state index is 0.337. The van der Waals surface area contributed by atoms with Crippen LogP contribution in [-0.4, -0.2) is 48.5 Å². The molecule has 1 saturated heterocycles. The molecule has 0 spiro atoms. The maximum absolute atomic E-state index is 11.8. The van der Waals surface area contributed by atoms with E-state index in [1.807, 2.05) is 16.7 Å². The first-order chi connectivity index (χ1) is 7.24. The van der Waals surface area contributed by atoms with Crippen LogP contribution in [-0.2, 0) is 4.79 Å². The first kappa shape index (κ1) is 12.8. The fourth-order valence-corrected chi connectivity index (χ4v) is 2.33. The largest absolute Gasteiger partial charge is 0.340 e. The Morgan fingerprint density at radius 2 is 2.33 bits per heavy atom. The van der Waals surface area contributed by atoms with Gasteiger partial charge in [0.15, 0.2) is 0 Å². The van der Waals surface area contributed by atoms with Gasteiger partial charge in [0, 0.05) is 32.1 Å². The third-order valence-corrected chi connectivity index (χ3v) is 3.41. The molecule has 1 unspecified atom stereocenters. The summed E-state index contributed by atoms with van der Waals surface area (Å²) in [5, 5.41) is 3.35. The van der Waals surface area contributed by atoms with E-state index in [4.69, 9.17) is 0 Å². The molecule has 0 aliphatic carbocycles. The molecular formula is C11H22N2OS. The number of carbonyl (C=O) groups excluding carboxylic acids is 1. The van der Waals surface area contributed by atoms with E-state index >= 15 is 0 Å². The zero-order valence-electron chi connectivity index (χ0n) is 9.79. The van der Waals surface area contributed by atoms with Crippen LogP contribution in [0.4, 0.5) is 0 Å². The van der Waals surface area contributed by atoms with Gasteiger partial charge >= 0.3 is 0 Å². The van der Waals surface area contributed by atoms with E-state index < -0.39 is 0 Å². The number of carbonyl (C=O) groups is 1. The fraction of sp³-hybridized carbons (Fsp3) is 0.909.